The van der Waals surface area contributed by atoms with E-state index in [-0.39, 0.29) is 30.8 Å². The van der Waals surface area contributed by atoms with E-state index >= 15 is 0 Å². The fraction of sp³-hybridized carbons (Fsp3) is 0.0909. The van der Waals surface area contributed by atoms with Crippen LogP contribution in [0.2, 0.25) is 0 Å². The van der Waals surface area contributed by atoms with Crippen molar-refractivity contribution in [2.75, 3.05) is 16.8 Å². The lowest BCUT2D eigenvalue weighted by Gasteiger charge is -2.30. The Labute approximate surface area is 175 Å². The van der Waals surface area contributed by atoms with Gasteiger partial charge in [-0.3, -0.25) is 9.59 Å². The standard InChI is InChI=1S/C22H16BrFN2O3/c23-16-6-3-5-14(10-16)22(28)25-17-8-9-20-19(11-17)26(21(27)13-29-20)12-15-4-1-2-7-18(15)24/h1-11H,12-13H2,(H,25,28). The Bertz CT molecular complexity index is 1100. The molecule has 1 heterocycles. The van der Waals surface area contributed by atoms with Gasteiger partial charge in [0, 0.05) is 21.3 Å². The number of hydrogen-bond donors (Lipinski definition) is 1. The summed E-state index contributed by atoms with van der Waals surface area (Å²) in [7, 11) is 0. The summed E-state index contributed by atoms with van der Waals surface area (Å²) in [6.07, 6.45) is 0. The number of carbonyl (C=O) groups is 2. The number of ether oxygens (including phenoxy) is 1. The van der Waals surface area contributed by atoms with E-state index in [1.165, 1.54) is 11.0 Å². The van der Waals surface area contributed by atoms with Crippen molar-refractivity contribution in [1.29, 1.82) is 0 Å². The van der Waals surface area contributed by atoms with Crippen LogP contribution < -0.4 is 15.0 Å². The molecule has 5 nitrogen and oxygen atoms in total. The van der Waals surface area contributed by atoms with Crippen molar-refractivity contribution >= 4 is 39.1 Å². The zero-order valence-electron chi connectivity index (χ0n) is 15.2. The summed E-state index contributed by atoms with van der Waals surface area (Å²) < 4.78 is 20.4. The third kappa shape index (κ3) is 4.14. The summed E-state index contributed by atoms with van der Waals surface area (Å²) in [6.45, 7) is -0.0455. The Kier molecular flexibility index (Phi) is 5.31. The number of hydrogen-bond acceptors (Lipinski definition) is 3. The maximum atomic E-state index is 14.1. The molecule has 1 aliphatic rings. The molecule has 0 bridgehead atoms. The second kappa shape index (κ2) is 8.05. The molecular formula is C22H16BrFN2O3. The third-order valence-electron chi connectivity index (χ3n) is 4.53. The molecule has 146 valence electrons. The first-order valence-corrected chi connectivity index (χ1v) is 9.68. The summed E-state index contributed by atoms with van der Waals surface area (Å²) in [6, 6.07) is 18.4. The number of amides is 2. The number of nitrogens with zero attached hydrogens (tertiary/aromatic N) is 1. The van der Waals surface area contributed by atoms with Gasteiger partial charge >= 0.3 is 0 Å². The predicted molar refractivity (Wildman–Crippen MR) is 112 cm³/mol. The topological polar surface area (TPSA) is 58.6 Å². The Balaban J connectivity index is 1.62. The summed E-state index contributed by atoms with van der Waals surface area (Å²) in [5, 5.41) is 2.82. The van der Waals surface area contributed by atoms with Crippen molar-refractivity contribution < 1.29 is 18.7 Å². The molecule has 1 N–H and O–H groups in total. The fourth-order valence-corrected chi connectivity index (χ4v) is 3.48. The molecule has 2 amide bonds. The number of nitrogens with one attached hydrogen (secondary N) is 1. The molecule has 0 aromatic heterocycles. The van der Waals surface area contributed by atoms with Gasteiger partial charge in [0.15, 0.2) is 6.61 Å². The fourth-order valence-electron chi connectivity index (χ4n) is 3.08. The molecule has 3 aromatic rings. The van der Waals surface area contributed by atoms with E-state index < -0.39 is 0 Å². The number of fused-ring (bicyclic) bond motifs is 1. The Hall–Kier alpha value is -3.19. The lowest BCUT2D eigenvalue weighted by Crippen LogP contribution is -2.38. The van der Waals surface area contributed by atoms with Crippen molar-refractivity contribution in [3.63, 3.8) is 0 Å². The first-order chi connectivity index (χ1) is 14.0. The second-order valence-electron chi connectivity index (χ2n) is 6.51. The van der Waals surface area contributed by atoms with Gasteiger partial charge < -0.3 is 15.0 Å². The molecule has 0 saturated carbocycles. The van der Waals surface area contributed by atoms with Gasteiger partial charge in [0.05, 0.1) is 12.2 Å². The average molecular weight is 455 g/mol. The zero-order chi connectivity index (χ0) is 20.4. The van der Waals surface area contributed by atoms with Crippen LogP contribution in [0.4, 0.5) is 15.8 Å². The molecular weight excluding hydrogens is 439 g/mol. The van der Waals surface area contributed by atoms with Crippen molar-refractivity contribution in [1.82, 2.24) is 0 Å². The van der Waals surface area contributed by atoms with Crippen LogP contribution in [0.1, 0.15) is 15.9 Å². The largest absolute Gasteiger partial charge is 0.482 e. The van der Waals surface area contributed by atoms with Crippen LogP contribution in [-0.4, -0.2) is 18.4 Å². The van der Waals surface area contributed by atoms with Crippen LogP contribution in [0.25, 0.3) is 0 Å². The minimum Gasteiger partial charge on any atom is -0.482 e. The van der Waals surface area contributed by atoms with Crippen molar-refractivity contribution in [3.8, 4) is 5.75 Å². The maximum Gasteiger partial charge on any atom is 0.265 e. The van der Waals surface area contributed by atoms with E-state index in [2.05, 4.69) is 21.2 Å². The summed E-state index contributed by atoms with van der Waals surface area (Å²) in [5.41, 5.74) is 1.88. The molecule has 3 aromatic carbocycles. The van der Waals surface area contributed by atoms with E-state index in [0.29, 0.717) is 28.3 Å². The number of halogens is 2. The van der Waals surface area contributed by atoms with E-state index in [4.69, 9.17) is 4.74 Å². The highest BCUT2D eigenvalue weighted by molar-refractivity contribution is 9.10. The van der Waals surface area contributed by atoms with Crippen LogP contribution in [0.15, 0.2) is 71.2 Å². The van der Waals surface area contributed by atoms with E-state index in [1.807, 2.05) is 6.07 Å². The smallest absolute Gasteiger partial charge is 0.265 e. The van der Waals surface area contributed by atoms with Gasteiger partial charge in [-0.25, -0.2) is 4.39 Å². The maximum absolute atomic E-state index is 14.1. The molecule has 0 unspecified atom stereocenters. The number of rotatable bonds is 4. The highest BCUT2D eigenvalue weighted by Crippen LogP contribution is 2.36. The zero-order valence-corrected chi connectivity index (χ0v) is 16.8. The first kappa shape index (κ1) is 19.1. The molecule has 1 aliphatic heterocycles. The Morgan fingerprint density at radius 1 is 1.10 bits per heavy atom. The highest BCUT2D eigenvalue weighted by atomic mass is 79.9. The number of carbonyl (C=O) groups excluding carboxylic acids is 2. The van der Waals surface area contributed by atoms with Crippen LogP contribution in [0, 0.1) is 5.82 Å². The van der Waals surface area contributed by atoms with Gasteiger partial charge in [-0.15, -0.1) is 0 Å². The van der Waals surface area contributed by atoms with E-state index in [1.54, 1.807) is 54.6 Å². The van der Waals surface area contributed by atoms with E-state index in [0.717, 1.165) is 4.47 Å². The van der Waals surface area contributed by atoms with Crippen molar-refractivity contribution in [2.45, 2.75) is 6.54 Å². The molecule has 4 rings (SSSR count). The average Bonchev–Trinajstić information content (AvgIpc) is 2.71. The van der Waals surface area contributed by atoms with Crippen molar-refractivity contribution in [3.05, 3.63) is 88.1 Å². The van der Waals surface area contributed by atoms with Gasteiger partial charge in [-0.1, -0.05) is 40.2 Å². The summed E-state index contributed by atoms with van der Waals surface area (Å²) >= 11 is 3.35. The molecule has 0 aliphatic carbocycles. The molecule has 0 atom stereocenters. The van der Waals surface area contributed by atoms with Crippen LogP contribution in [0.3, 0.4) is 0 Å². The lowest BCUT2D eigenvalue weighted by molar-refractivity contribution is -0.121. The number of anilines is 2. The van der Waals surface area contributed by atoms with Gasteiger partial charge in [0.2, 0.25) is 0 Å². The second-order valence-corrected chi connectivity index (χ2v) is 7.42. The Morgan fingerprint density at radius 2 is 1.93 bits per heavy atom. The van der Waals surface area contributed by atoms with Crippen LogP contribution in [-0.2, 0) is 11.3 Å². The normalized spacial score (nSPS) is 12.9. The minimum atomic E-state index is -0.382. The highest BCUT2D eigenvalue weighted by Gasteiger charge is 2.27. The van der Waals surface area contributed by atoms with E-state index in [9.17, 15) is 14.0 Å². The van der Waals surface area contributed by atoms with Crippen LogP contribution >= 0.6 is 15.9 Å². The molecule has 0 fully saturated rings. The monoisotopic (exact) mass is 454 g/mol. The molecule has 0 radical (unpaired) electrons. The van der Waals surface area contributed by atoms with Gasteiger partial charge in [0.1, 0.15) is 11.6 Å². The summed E-state index contributed by atoms with van der Waals surface area (Å²) in [4.78, 5) is 26.4. The third-order valence-corrected chi connectivity index (χ3v) is 5.03. The SMILES string of the molecule is O=C(Nc1ccc2c(c1)N(Cc1ccccc1F)C(=O)CO2)c1cccc(Br)c1. The minimum absolute atomic E-state index is 0.0743. The van der Waals surface area contributed by atoms with Gasteiger partial charge in [-0.2, -0.15) is 0 Å². The molecule has 0 saturated heterocycles. The molecule has 29 heavy (non-hydrogen) atoms. The van der Waals surface area contributed by atoms with Crippen molar-refractivity contribution in [2.24, 2.45) is 0 Å². The van der Waals surface area contributed by atoms with Crippen LogP contribution in [0.5, 0.6) is 5.75 Å². The lowest BCUT2D eigenvalue weighted by atomic mass is 10.1. The van der Waals surface area contributed by atoms with Gasteiger partial charge in [0.25, 0.3) is 11.8 Å². The molecule has 7 heteroatoms. The summed E-state index contributed by atoms with van der Waals surface area (Å²) in [5.74, 6) is -0.444. The predicted octanol–water partition coefficient (Wildman–Crippen LogP) is 4.77. The quantitative estimate of drug-likeness (QED) is 0.617. The first-order valence-electron chi connectivity index (χ1n) is 8.89. The van der Waals surface area contributed by atoms with Gasteiger partial charge in [-0.05, 0) is 42.5 Å². The molecule has 0 spiro atoms. The number of benzene rings is 3. The Morgan fingerprint density at radius 3 is 2.72 bits per heavy atom.